The summed E-state index contributed by atoms with van der Waals surface area (Å²) in [6, 6.07) is 10.1. The lowest BCUT2D eigenvalue weighted by molar-refractivity contribution is -0.119. The molecule has 4 heteroatoms. The van der Waals surface area contributed by atoms with Crippen molar-refractivity contribution < 1.29 is 9.90 Å². The second kappa shape index (κ2) is 8.16. The Kier molecular flexibility index (Phi) is 6.83. The molecule has 1 rings (SSSR count). The van der Waals surface area contributed by atoms with E-state index in [2.05, 4.69) is 5.32 Å². The van der Waals surface area contributed by atoms with Gasteiger partial charge < -0.3 is 10.4 Å². The molecule has 0 saturated carbocycles. The molecule has 0 fully saturated rings. The molecule has 1 aromatic rings. The molecule has 18 heavy (non-hydrogen) atoms. The minimum Gasteiger partial charge on any atom is -0.391 e. The molecule has 0 aliphatic rings. The topological polar surface area (TPSA) is 49.3 Å². The van der Waals surface area contributed by atoms with E-state index in [1.54, 1.807) is 11.8 Å². The van der Waals surface area contributed by atoms with Crippen molar-refractivity contribution in [3.05, 3.63) is 35.9 Å². The van der Waals surface area contributed by atoms with Gasteiger partial charge in [-0.3, -0.25) is 4.79 Å². The van der Waals surface area contributed by atoms with Crippen molar-refractivity contribution in [3.63, 3.8) is 0 Å². The van der Waals surface area contributed by atoms with E-state index in [1.165, 1.54) is 5.56 Å². The average Bonchev–Trinajstić information content (AvgIpc) is 2.37. The second-order valence-electron chi connectivity index (χ2n) is 4.59. The Morgan fingerprint density at radius 3 is 2.61 bits per heavy atom. The predicted octanol–water partition coefficient (Wildman–Crippen LogP) is 2.05. The van der Waals surface area contributed by atoms with Gasteiger partial charge in [-0.25, -0.2) is 0 Å². The largest absolute Gasteiger partial charge is 0.391 e. The molecule has 1 amide bonds. The van der Waals surface area contributed by atoms with Crippen LogP contribution in [0.4, 0.5) is 0 Å². The van der Waals surface area contributed by atoms with Crippen molar-refractivity contribution in [2.45, 2.75) is 25.7 Å². The van der Waals surface area contributed by atoms with Gasteiger partial charge >= 0.3 is 0 Å². The lowest BCUT2D eigenvalue weighted by atomic mass is 10.1. The first kappa shape index (κ1) is 15.1. The normalized spacial score (nSPS) is 12.4. The van der Waals surface area contributed by atoms with Gasteiger partial charge in [0.2, 0.25) is 5.91 Å². The summed E-state index contributed by atoms with van der Waals surface area (Å²) in [5.41, 5.74) is 1.22. The van der Waals surface area contributed by atoms with Gasteiger partial charge in [0, 0.05) is 12.3 Å². The summed E-state index contributed by atoms with van der Waals surface area (Å²) in [6.45, 7) is 4.20. The van der Waals surface area contributed by atoms with Gasteiger partial charge in [0.15, 0.2) is 0 Å². The third kappa shape index (κ3) is 6.07. The molecule has 2 N–H and O–H groups in total. The molecule has 100 valence electrons. The molecule has 1 unspecified atom stereocenters. The van der Waals surface area contributed by atoms with Crippen LogP contribution in [0.2, 0.25) is 0 Å². The van der Waals surface area contributed by atoms with Crippen LogP contribution in [0.3, 0.4) is 0 Å². The molecule has 0 radical (unpaired) electrons. The number of aliphatic hydroxyl groups is 1. The summed E-state index contributed by atoms with van der Waals surface area (Å²) < 4.78 is 0. The van der Waals surface area contributed by atoms with Gasteiger partial charge in [0.1, 0.15) is 0 Å². The highest BCUT2D eigenvalue weighted by Crippen LogP contribution is 2.11. The molecule has 0 bridgehead atoms. The summed E-state index contributed by atoms with van der Waals surface area (Å²) in [4.78, 5) is 11.5. The molecule has 1 aromatic carbocycles. The standard InChI is InChI=1S/C14H21NO2S/c1-11(2)13(16)8-15-14(17)10-18-9-12-6-4-3-5-7-12/h3-7,11,13,16H,8-10H2,1-2H3,(H,15,17). The number of carbonyl (C=O) groups is 1. The van der Waals surface area contributed by atoms with E-state index in [0.717, 1.165) is 5.75 Å². The smallest absolute Gasteiger partial charge is 0.230 e. The van der Waals surface area contributed by atoms with Gasteiger partial charge in [-0.1, -0.05) is 44.2 Å². The molecular weight excluding hydrogens is 246 g/mol. The Bertz CT molecular complexity index is 354. The first-order chi connectivity index (χ1) is 8.59. The maximum Gasteiger partial charge on any atom is 0.230 e. The number of thioether (sulfide) groups is 1. The van der Waals surface area contributed by atoms with E-state index in [-0.39, 0.29) is 11.8 Å². The predicted molar refractivity (Wildman–Crippen MR) is 76.5 cm³/mol. The second-order valence-corrected chi connectivity index (χ2v) is 5.58. The molecule has 3 nitrogen and oxygen atoms in total. The number of hydrogen-bond acceptors (Lipinski definition) is 3. The van der Waals surface area contributed by atoms with Crippen LogP contribution >= 0.6 is 11.8 Å². The van der Waals surface area contributed by atoms with Gasteiger partial charge in [-0.15, -0.1) is 11.8 Å². The number of nitrogens with one attached hydrogen (secondary N) is 1. The third-order valence-corrected chi connectivity index (χ3v) is 3.63. The van der Waals surface area contributed by atoms with Crippen molar-refractivity contribution in [1.82, 2.24) is 5.32 Å². The SMILES string of the molecule is CC(C)C(O)CNC(=O)CSCc1ccccc1. The first-order valence-electron chi connectivity index (χ1n) is 6.16. The van der Waals surface area contributed by atoms with Crippen LogP contribution in [0, 0.1) is 5.92 Å². The zero-order chi connectivity index (χ0) is 13.4. The average molecular weight is 267 g/mol. The lowest BCUT2D eigenvalue weighted by Gasteiger charge is -2.14. The minimum atomic E-state index is -0.465. The van der Waals surface area contributed by atoms with E-state index >= 15 is 0 Å². The summed E-state index contributed by atoms with van der Waals surface area (Å²) in [7, 11) is 0. The van der Waals surface area contributed by atoms with E-state index < -0.39 is 6.10 Å². The van der Waals surface area contributed by atoms with Crippen molar-refractivity contribution in [2.75, 3.05) is 12.3 Å². The quantitative estimate of drug-likeness (QED) is 0.795. The Morgan fingerprint density at radius 1 is 1.33 bits per heavy atom. The van der Waals surface area contributed by atoms with E-state index in [1.807, 2.05) is 44.2 Å². The third-order valence-electron chi connectivity index (χ3n) is 2.62. The zero-order valence-electron chi connectivity index (χ0n) is 10.9. The Labute approximate surface area is 113 Å². The van der Waals surface area contributed by atoms with Gasteiger partial charge in [0.25, 0.3) is 0 Å². The Balaban J connectivity index is 2.14. The molecular formula is C14H21NO2S. The number of benzene rings is 1. The molecule has 0 spiro atoms. The number of aliphatic hydroxyl groups excluding tert-OH is 1. The minimum absolute atomic E-state index is 0.0179. The Hall–Kier alpha value is -1.00. The summed E-state index contributed by atoms with van der Waals surface area (Å²) in [6.07, 6.45) is -0.465. The number of carbonyl (C=O) groups excluding carboxylic acids is 1. The van der Waals surface area contributed by atoms with Crippen LogP contribution in [0.15, 0.2) is 30.3 Å². The monoisotopic (exact) mass is 267 g/mol. The maximum absolute atomic E-state index is 11.5. The van der Waals surface area contributed by atoms with E-state index in [4.69, 9.17) is 0 Å². The number of hydrogen-bond donors (Lipinski definition) is 2. The highest BCUT2D eigenvalue weighted by atomic mass is 32.2. The molecule has 0 aromatic heterocycles. The first-order valence-corrected chi connectivity index (χ1v) is 7.31. The van der Waals surface area contributed by atoms with Crippen LogP contribution in [0.5, 0.6) is 0 Å². The zero-order valence-corrected chi connectivity index (χ0v) is 11.7. The Morgan fingerprint density at radius 2 is 2.00 bits per heavy atom. The van der Waals surface area contributed by atoms with Crippen LogP contribution in [-0.4, -0.2) is 29.4 Å². The fourth-order valence-electron chi connectivity index (χ4n) is 1.34. The molecule has 0 heterocycles. The van der Waals surface area contributed by atoms with Crippen LogP contribution in [0.25, 0.3) is 0 Å². The fourth-order valence-corrected chi connectivity index (χ4v) is 2.16. The highest BCUT2D eigenvalue weighted by Gasteiger charge is 2.10. The lowest BCUT2D eigenvalue weighted by Crippen LogP contribution is -2.35. The number of rotatable bonds is 7. The van der Waals surface area contributed by atoms with Gasteiger partial charge in [-0.2, -0.15) is 0 Å². The van der Waals surface area contributed by atoms with Crippen LogP contribution in [-0.2, 0) is 10.5 Å². The summed E-state index contributed by atoms with van der Waals surface area (Å²) in [5, 5.41) is 12.3. The van der Waals surface area contributed by atoms with Crippen molar-refractivity contribution in [3.8, 4) is 0 Å². The van der Waals surface area contributed by atoms with Gasteiger partial charge in [-0.05, 0) is 11.5 Å². The maximum atomic E-state index is 11.5. The summed E-state index contributed by atoms with van der Waals surface area (Å²) in [5.74, 6) is 1.42. The van der Waals surface area contributed by atoms with Crippen molar-refractivity contribution in [2.24, 2.45) is 5.92 Å². The molecule has 1 atom stereocenters. The highest BCUT2D eigenvalue weighted by molar-refractivity contribution is 7.99. The molecule has 0 aliphatic carbocycles. The summed E-state index contributed by atoms with van der Waals surface area (Å²) >= 11 is 1.58. The van der Waals surface area contributed by atoms with E-state index in [0.29, 0.717) is 12.3 Å². The fraction of sp³-hybridized carbons (Fsp3) is 0.500. The van der Waals surface area contributed by atoms with E-state index in [9.17, 15) is 9.90 Å². The van der Waals surface area contributed by atoms with Crippen molar-refractivity contribution >= 4 is 17.7 Å². The van der Waals surface area contributed by atoms with Crippen molar-refractivity contribution in [1.29, 1.82) is 0 Å². The van der Waals surface area contributed by atoms with Gasteiger partial charge in [0.05, 0.1) is 11.9 Å². The van der Waals surface area contributed by atoms with Crippen LogP contribution in [0.1, 0.15) is 19.4 Å². The van der Waals surface area contributed by atoms with Crippen LogP contribution < -0.4 is 5.32 Å². The number of amides is 1. The molecule has 0 aliphatic heterocycles. The molecule has 0 saturated heterocycles.